The number of aromatic nitrogens is 1. The average molecular weight is 203 g/mol. The highest BCUT2D eigenvalue weighted by atomic mass is 16.5. The van der Waals surface area contributed by atoms with Gasteiger partial charge >= 0.3 is 0 Å². The van der Waals surface area contributed by atoms with E-state index in [4.69, 9.17) is 9.84 Å². The molecule has 0 saturated carbocycles. The monoisotopic (exact) mass is 203 g/mol. The Labute approximate surface area is 88.3 Å². The molecule has 0 spiro atoms. The van der Waals surface area contributed by atoms with Crippen molar-refractivity contribution >= 4 is 10.9 Å². The van der Waals surface area contributed by atoms with Crippen LogP contribution in [0.1, 0.15) is 12.6 Å². The van der Waals surface area contributed by atoms with E-state index < -0.39 is 0 Å². The molecule has 0 bridgehead atoms. The maximum absolute atomic E-state index is 9.07. The predicted molar refractivity (Wildman–Crippen MR) is 58.8 cm³/mol. The Morgan fingerprint density at radius 3 is 2.87 bits per heavy atom. The second kappa shape index (κ2) is 4.28. The SMILES string of the molecule is CCOc1cc(CO)nc2ccccc12. The fourth-order valence-corrected chi connectivity index (χ4v) is 1.55. The smallest absolute Gasteiger partial charge is 0.130 e. The first kappa shape index (κ1) is 9.93. The lowest BCUT2D eigenvalue weighted by molar-refractivity contribution is 0.275. The van der Waals surface area contributed by atoms with Crippen molar-refractivity contribution in [3.63, 3.8) is 0 Å². The number of rotatable bonds is 3. The minimum Gasteiger partial charge on any atom is -0.493 e. The van der Waals surface area contributed by atoms with Crippen molar-refractivity contribution < 1.29 is 9.84 Å². The number of hydrogen-bond acceptors (Lipinski definition) is 3. The van der Waals surface area contributed by atoms with Gasteiger partial charge in [0.05, 0.1) is 24.4 Å². The molecule has 0 radical (unpaired) electrons. The Morgan fingerprint density at radius 2 is 2.13 bits per heavy atom. The molecule has 1 aromatic carbocycles. The number of pyridine rings is 1. The standard InChI is InChI=1S/C12H13NO2/c1-2-15-12-7-9(8-14)13-11-6-4-3-5-10(11)12/h3-7,14H,2,8H2,1H3. The molecule has 0 atom stereocenters. The molecule has 1 heterocycles. The zero-order valence-electron chi connectivity index (χ0n) is 8.60. The first-order valence-electron chi connectivity index (χ1n) is 4.97. The van der Waals surface area contributed by atoms with Crippen LogP contribution in [0.4, 0.5) is 0 Å². The Kier molecular flexibility index (Phi) is 2.83. The van der Waals surface area contributed by atoms with Crippen LogP contribution in [0.3, 0.4) is 0 Å². The van der Waals surface area contributed by atoms with E-state index in [9.17, 15) is 0 Å². The van der Waals surface area contributed by atoms with Gasteiger partial charge in [0.15, 0.2) is 0 Å². The lowest BCUT2D eigenvalue weighted by Gasteiger charge is -2.08. The van der Waals surface area contributed by atoms with Gasteiger partial charge in [0, 0.05) is 11.5 Å². The van der Waals surface area contributed by atoms with Gasteiger partial charge in [0.2, 0.25) is 0 Å². The summed E-state index contributed by atoms with van der Waals surface area (Å²) in [4.78, 5) is 4.31. The van der Waals surface area contributed by atoms with E-state index in [0.29, 0.717) is 12.3 Å². The molecule has 0 amide bonds. The fourth-order valence-electron chi connectivity index (χ4n) is 1.55. The summed E-state index contributed by atoms with van der Waals surface area (Å²) in [7, 11) is 0. The summed E-state index contributed by atoms with van der Waals surface area (Å²) in [6.45, 7) is 2.48. The van der Waals surface area contributed by atoms with Crippen molar-refractivity contribution in [2.45, 2.75) is 13.5 Å². The number of para-hydroxylation sites is 1. The van der Waals surface area contributed by atoms with E-state index in [0.717, 1.165) is 16.7 Å². The highest BCUT2D eigenvalue weighted by Gasteiger charge is 2.05. The molecule has 1 aromatic heterocycles. The molecule has 0 fully saturated rings. The lowest BCUT2D eigenvalue weighted by Crippen LogP contribution is -1.97. The Balaban J connectivity index is 2.63. The van der Waals surface area contributed by atoms with Crippen LogP contribution < -0.4 is 4.74 Å². The molecule has 0 saturated heterocycles. The number of aliphatic hydroxyl groups excluding tert-OH is 1. The zero-order chi connectivity index (χ0) is 10.7. The van der Waals surface area contributed by atoms with E-state index in [1.54, 1.807) is 6.07 Å². The normalized spacial score (nSPS) is 10.5. The molecule has 3 heteroatoms. The minimum absolute atomic E-state index is 0.0646. The van der Waals surface area contributed by atoms with Gasteiger partial charge in [-0.3, -0.25) is 4.98 Å². The third-order valence-corrected chi connectivity index (χ3v) is 2.19. The van der Waals surface area contributed by atoms with E-state index in [1.807, 2.05) is 31.2 Å². The summed E-state index contributed by atoms with van der Waals surface area (Å²) in [6.07, 6.45) is 0. The summed E-state index contributed by atoms with van der Waals surface area (Å²) in [5, 5.41) is 10.1. The molecule has 15 heavy (non-hydrogen) atoms. The Hall–Kier alpha value is -1.61. The fraction of sp³-hybridized carbons (Fsp3) is 0.250. The molecule has 0 aliphatic rings. The van der Waals surface area contributed by atoms with Crippen molar-refractivity contribution in [1.82, 2.24) is 4.98 Å². The largest absolute Gasteiger partial charge is 0.493 e. The molecule has 0 aliphatic heterocycles. The van der Waals surface area contributed by atoms with Gasteiger partial charge in [0.25, 0.3) is 0 Å². The minimum atomic E-state index is -0.0646. The van der Waals surface area contributed by atoms with Crippen molar-refractivity contribution in [3.05, 3.63) is 36.0 Å². The van der Waals surface area contributed by atoms with Crippen molar-refractivity contribution in [2.75, 3.05) is 6.61 Å². The summed E-state index contributed by atoms with van der Waals surface area (Å²) >= 11 is 0. The number of ether oxygens (including phenoxy) is 1. The molecular formula is C12H13NO2. The van der Waals surface area contributed by atoms with Crippen LogP contribution in [0.5, 0.6) is 5.75 Å². The van der Waals surface area contributed by atoms with Crippen LogP contribution in [-0.2, 0) is 6.61 Å². The third kappa shape index (κ3) is 1.92. The zero-order valence-corrected chi connectivity index (χ0v) is 8.60. The van der Waals surface area contributed by atoms with Gasteiger partial charge in [-0.2, -0.15) is 0 Å². The van der Waals surface area contributed by atoms with Crippen molar-refractivity contribution in [3.8, 4) is 5.75 Å². The van der Waals surface area contributed by atoms with Gasteiger partial charge in [-0.25, -0.2) is 0 Å². The van der Waals surface area contributed by atoms with E-state index in [1.165, 1.54) is 0 Å². The number of aliphatic hydroxyl groups is 1. The van der Waals surface area contributed by atoms with Crippen molar-refractivity contribution in [2.24, 2.45) is 0 Å². The number of nitrogens with zero attached hydrogens (tertiary/aromatic N) is 1. The highest BCUT2D eigenvalue weighted by molar-refractivity contribution is 5.85. The van der Waals surface area contributed by atoms with Crippen molar-refractivity contribution in [1.29, 1.82) is 0 Å². The first-order valence-corrected chi connectivity index (χ1v) is 4.97. The number of benzene rings is 1. The summed E-state index contributed by atoms with van der Waals surface area (Å²) in [5.41, 5.74) is 1.49. The van der Waals surface area contributed by atoms with Crippen LogP contribution in [0.2, 0.25) is 0 Å². The molecule has 2 aromatic rings. The first-order chi connectivity index (χ1) is 7.35. The van der Waals surface area contributed by atoms with Crippen LogP contribution in [0.25, 0.3) is 10.9 Å². The van der Waals surface area contributed by atoms with Crippen LogP contribution in [0, 0.1) is 0 Å². The molecular weight excluding hydrogens is 190 g/mol. The molecule has 78 valence electrons. The summed E-state index contributed by atoms with van der Waals surface area (Å²) < 4.78 is 5.51. The molecule has 1 N–H and O–H groups in total. The Bertz CT molecular complexity index is 468. The number of hydrogen-bond donors (Lipinski definition) is 1. The average Bonchev–Trinajstić information content (AvgIpc) is 2.29. The maximum Gasteiger partial charge on any atom is 0.130 e. The summed E-state index contributed by atoms with van der Waals surface area (Å²) in [5.74, 6) is 0.784. The van der Waals surface area contributed by atoms with Gasteiger partial charge in [-0.05, 0) is 19.1 Å². The lowest BCUT2D eigenvalue weighted by atomic mass is 10.2. The third-order valence-electron chi connectivity index (χ3n) is 2.19. The van der Waals surface area contributed by atoms with Crippen LogP contribution in [-0.4, -0.2) is 16.7 Å². The van der Waals surface area contributed by atoms with Gasteiger partial charge in [-0.1, -0.05) is 12.1 Å². The summed E-state index contributed by atoms with van der Waals surface area (Å²) in [6, 6.07) is 9.54. The van der Waals surface area contributed by atoms with Gasteiger partial charge < -0.3 is 9.84 Å². The highest BCUT2D eigenvalue weighted by Crippen LogP contribution is 2.25. The molecule has 3 nitrogen and oxygen atoms in total. The maximum atomic E-state index is 9.07. The van der Waals surface area contributed by atoms with E-state index in [-0.39, 0.29) is 6.61 Å². The second-order valence-electron chi connectivity index (χ2n) is 3.22. The number of fused-ring (bicyclic) bond motifs is 1. The van der Waals surface area contributed by atoms with Crippen LogP contribution >= 0.6 is 0 Å². The van der Waals surface area contributed by atoms with E-state index >= 15 is 0 Å². The quantitative estimate of drug-likeness (QED) is 0.830. The van der Waals surface area contributed by atoms with Crippen LogP contribution in [0.15, 0.2) is 30.3 Å². The van der Waals surface area contributed by atoms with Gasteiger partial charge in [-0.15, -0.1) is 0 Å². The molecule has 0 unspecified atom stereocenters. The topological polar surface area (TPSA) is 42.4 Å². The van der Waals surface area contributed by atoms with E-state index in [2.05, 4.69) is 4.98 Å². The molecule has 0 aliphatic carbocycles. The predicted octanol–water partition coefficient (Wildman–Crippen LogP) is 2.13. The Morgan fingerprint density at radius 1 is 1.33 bits per heavy atom. The van der Waals surface area contributed by atoms with Gasteiger partial charge in [0.1, 0.15) is 5.75 Å². The second-order valence-corrected chi connectivity index (χ2v) is 3.22. The molecule has 2 rings (SSSR count).